The Balaban J connectivity index is 2.05. The maximum absolute atomic E-state index is 6.01. The highest BCUT2D eigenvalue weighted by molar-refractivity contribution is 14.1. The molecule has 19 heavy (non-hydrogen) atoms. The summed E-state index contributed by atoms with van der Waals surface area (Å²) in [5.74, 6) is 0.506. The number of halogens is 1. The fourth-order valence-corrected chi connectivity index (χ4v) is 2.09. The Bertz CT molecular complexity index is 691. The fraction of sp³-hybridized carbons (Fsp3) is 0. The number of nitrogens with two attached hydrogens (primary N) is 1. The third kappa shape index (κ3) is 2.43. The van der Waals surface area contributed by atoms with Gasteiger partial charge in [-0.1, -0.05) is 12.1 Å². The molecule has 6 heteroatoms. The molecule has 0 aliphatic carbocycles. The smallest absolute Gasteiger partial charge is 0.250 e. The summed E-state index contributed by atoms with van der Waals surface area (Å²) < 4.78 is 2.76. The van der Waals surface area contributed by atoms with Crippen molar-refractivity contribution in [1.29, 1.82) is 0 Å². The number of hydrogen-bond donors (Lipinski definition) is 1. The van der Waals surface area contributed by atoms with E-state index in [9.17, 15) is 0 Å². The number of anilines is 1. The molecule has 2 N–H and O–H groups in total. The van der Waals surface area contributed by atoms with E-state index in [0.717, 1.165) is 11.3 Å². The standard InChI is InChI=1S/C13H10IN5/c14-10-4-2-9(3-5-10)12-11(15)8-19(18-12)13-16-6-1-7-17-13/h1-8H,15H2. The van der Waals surface area contributed by atoms with Crippen LogP contribution in [-0.2, 0) is 0 Å². The van der Waals surface area contributed by atoms with Crippen LogP contribution in [0.4, 0.5) is 5.69 Å². The first kappa shape index (κ1) is 12.1. The third-order valence-electron chi connectivity index (χ3n) is 2.62. The summed E-state index contributed by atoms with van der Waals surface area (Å²) in [5.41, 5.74) is 8.33. The maximum Gasteiger partial charge on any atom is 0.250 e. The summed E-state index contributed by atoms with van der Waals surface area (Å²) in [5, 5.41) is 4.44. The van der Waals surface area contributed by atoms with E-state index < -0.39 is 0 Å². The average Bonchev–Trinajstić information content (AvgIpc) is 2.83. The van der Waals surface area contributed by atoms with E-state index in [1.165, 1.54) is 3.57 Å². The minimum atomic E-state index is 0.506. The van der Waals surface area contributed by atoms with Crippen molar-refractivity contribution < 1.29 is 0 Å². The molecule has 2 aromatic heterocycles. The second-order valence-electron chi connectivity index (χ2n) is 3.93. The SMILES string of the molecule is Nc1cn(-c2ncccn2)nc1-c1ccc(I)cc1. The van der Waals surface area contributed by atoms with Crippen LogP contribution in [0, 0.1) is 3.57 Å². The van der Waals surface area contributed by atoms with Crippen LogP contribution in [0.1, 0.15) is 0 Å². The molecule has 0 bridgehead atoms. The first-order valence-electron chi connectivity index (χ1n) is 5.62. The van der Waals surface area contributed by atoms with Crippen molar-refractivity contribution in [2.24, 2.45) is 0 Å². The lowest BCUT2D eigenvalue weighted by molar-refractivity contribution is 0.811. The number of nitrogen functional groups attached to an aromatic ring is 1. The van der Waals surface area contributed by atoms with Crippen molar-refractivity contribution in [2.75, 3.05) is 5.73 Å². The molecule has 0 spiro atoms. The summed E-state index contributed by atoms with van der Waals surface area (Å²) in [6.45, 7) is 0. The van der Waals surface area contributed by atoms with Gasteiger partial charge in [0.25, 0.3) is 5.95 Å². The van der Waals surface area contributed by atoms with Crippen LogP contribution in [0.5, 0.6) is 0 Å². The number of hydrogen-bond acceptors (Lipinski definition) is 4. The van der Waals surface area contributed by atoms with Gasteiger partial charge in [0, 0.05) is 21.5 Å². The van der Waals surface area contributed by atoms with E-state index in [0.29, 0.717) is 11.6 Å². The van der Waals surface area contributed by atoms with Crippen LogP contribution in [0.2, 0.25) is 0 Å². The highest BCUT2D eigenvalue weighted by Crippen LogP contribution is 2.25. The van der Waals surface area contributed by atoms with Crippen LogP contribution in [0.25, 0.3) is 17.2 Å². The van der Waals surface area contributed by atoms with E-state index in [4.69, 9.17) is 5.73 Å². The van der Waals surface area contributed by atoms with Crippen LogP contribution in [0.3, 0.4) is 0 Å². The topological polar surface area (TPSA) is 69.6 Å². The Kier molecular flexibility index (Phi) is 3.16. The predicted octanol–water partition coefficient (Wildman–Crippen LogP) is 2.52. The average molecular weight is 363 g/mol. The molecule has 0 fully saturated rings. The number of rotatable bonds is 2. The second kappa shape index (κ2) is 4.96. The van der Waals surface area contributed by atoms with Gasteiger partial charge in [-0.3, -0.25) is 0 Å². The van der Waals surface area contributed by atoms with Gasteiger partial charge in [0.2, 0.25) is 0 Å². The van der Waals surface area contributed by atoms with Gasteiger partial charge in [0.05, 0.1) is 11.9 Å². The number of nitrogens with zero attached hydrogens (tertiary/aromatic N) is 4. The van der Waals surface area contributed by atoms with E-state index >= 15 is 0 Å². The van der Waals surface area contributed by atoms with Gasteiger partial charge in [-0.05, 0) is 40.8 Å². The minimum absolute atomic E-state index is 0.506. The van der Waals surface area contributed by atoms with Crippen molar-refractivity contribution in [1.82, 2.24) is 19.7 Å². The molecular formula is C13H10IN5. The molecule has 0 aliphatic heterocycles. The third-order valence-corrected chi connectivity index (χ3v) is 3.34. The Morgan fingerprint density at radius 3 is 2.42 bits per heavy atom. The summed E-state index contributed by atoms with van der Waals surface area (Å²) in [4.78, 5) is 8.29. The lowest BCUT2D eigenvalue weighted by Gasteiger charge is -1.99. The first-order valence-corrected chi connectivity index (χ1v) is 6.70. The zero-order valence-electron chi connectivity index (χ0n) is 9.86. The molecule has 0 radical (unpaired) electrons. The van der Waals surface area contributed by atoms with E-state index in [-0.39, 0.29) is 0 Å². The summed E-state index contributed by atoms with van der Waals surface area (Å²) in [6, 6.07) is 9.80. The summed E-state index contributed by atoms with van der Waals surface area (Å²) in [6.07, 6.45) is 5.07. The summed E-state index contributed by atoms with van der Waals surface area (Å²) in [7, 11) is 0. The zero-order valence-corrected chi connectivity index (χ0v) is 12.0. The summed E-state index contributed by atoms with van der Waals surface area (Å²) >= 11 is 2.26. The fourth-order valence-electron chi connectivity index (χ4n) is 1.73. The molecule has 0 saturated carbocycles. The molecule has 3 rings (SSSR count). The Hall–Kier alpha value is -1.96. The van der Waals surface area contributed by atoms with Gasteiger partial charge >= 0.3 is 0 Å². The highest BCUT2D eigenvalue weighted by atomic mass is 127. The van der Waals surface area contributed by atoms with Crippen molar-refractivity contribution in [3.63, 3.8) is 0 Å². The molecule has 0 aliphatic rings. The highest BCUT2D eigenvalue weighted by Gasteiger charge is 2.10. The Labute approximate surface area is 123 Å². The van der Waals surface area contributed by atoms with Crippen LogP contribution < -0.4 is 5.73 Å². The van der Waals surface area contributed by atoms with Crippen molar-refractivity contribution in [3.8, 4) is 17.2 Å². The second-order valence-corrected chi connectivity index (χ2v) is 5.18. The van der Waals surface area contributed by atoms with Gasteiger partial charge in [0.15, 0.2) is 0 Å². The van der Waals surface area contributed by atoms with E-state index in [1.807, 2.05) is 24.3 Å². The zero-order chi connectivity index (χ0) is 13.2. The van der Waals surface area contributed by atoms with Gasteiger partial charge in [-0.15, -0.1) is 0 Å². The maximum atomic E-state index is 6.01. The van der Waals surface area contributed by atoms with E-state index in [2.05, 4.69) is 37.7 Å². The number of aromatic nitrogens is 4. The van der Waals surface area contributed by atoms with Crippen LogP contribution >= 0.6 is 22.6 Å². The molecule has 1 aromatic carbocycles. The molecule has 0 atom stereocenters. The predicted molar refractivity (Wildman–Crippen MR) is 81.7 cm³/mol. The van der Waals surface area contributed by atoms with Gasteiger partial charge in [-0.25, -0.2) is 14.6 Å². The van der Waals surface area contributed by atoms with Gasteiger partial charge in [0.1, 0.15) is 5.69 Å². The molecule has 0 amide bonds. The first-order chi connectivity index (χ1) is 9.24. The van der Waals surface area contributed by atoms with Crippen molar-refractivity contribution in [3.05, 3.63) is 52.5 Å². The molecule has 5 nitrogen and oxygen atoms in total. The Morgan fingerprint density at radius 2 is 1.74 bits per heavy atom. The molecule has 94 valence electrons. The quantitative estimate of drug-likeness (QED) is 0.711. The molecule has 3 aromatic rings. The molecule has 0 saturated heterocycles. The minimum Gasteiger partial charge on any atom is -0.396 e. The van der Waals surface area contributed by atoms with Gasteiger partial charge < -0.3 is 5.73 Å². The molecule has 2 heterocycles. The Morgan fingerprint density at radius 1 is 1.05 bits per heavy atom. The largest absolute Gasteiger partial charge is 0.396 e. The van der Waals surface area contributed by atoms with Crippen molar-refractivity contribution >= 4 is 28.3 Å². The lowest BCUT2D eigenvalue weighted by Crippen LogP contribution is -2.00. The van der Waals surface area contributed by atoms with E-state index in [1.54, 1.807) is 29.3 Å². The monoisotopic (exact) mass is 363 g/mol. The van der Waals surface area contributed by atoms with Gasteiger partial charge in [-0.2, -0.15) is 5.10 Å². The normalized spacial score (nSPS) is 10.6. The molecular weight excluding hydrogens is 353 g/mol. The van der Waals surface area contributed by atoms with Crippen LogP contribution in [-0.4, -0.2) is 19.7 Å². The molecule has 0 unspecified atom stereocenters. The number of benzene rings is 1. The van der Waals surface area contributed by atoms with Crippen LogP contribution in [0.15, 0.2) is 48.9 Å². The van der Waals surface area contributed by atoms with Crippen molar-refractivity contribution in [2.45, 2.75) is 0 Å². The lowest BCUT2D eigenvalue weighted by atomic mass is 10.1.